The Bertz CT molecular complexity index is 810. The zero-order valence-corrected chi connectivity index (χ0v) is 17.0. The minimum atomic E-state index is -3.97. The standard InChI is InChI=1S/C18H20BrF2NO6/c1-16(2,3)28-15(27)22-9-17(14(25)26,8-12(22)13(23)24)18(20,21)10-6-4-5-7-11(10)19/h4-7,12H,8-9H2,1-3H3,(H,23,24)(H,25,26)/t12-,17+/m0/s1. The van der Waals surface area contributed by atoms with Gasteiger partial charge in [-0.15, -0.1) is 0 Å². The number of likely N-dealkylation sites (tertiary alicyclic amines) is 1. The van der Waals surface area contributed by atoms with E-state index >= 15 is 8.78 Å². The monoisotopic (exact) mass is 463 g/mol. The van der Waals surface area contributed by atoms with E-state index in [0.717, 1.165) is 6.07 Å². The van der Waals surface area contributed by atoms with Gasteiger partial charge in [0.25, 0.3) is 5.92 Å². The third-order valence-corrected chi connectivity index (χ3v) is 5.19. The molecule has 1 amide bonds. The minimum Gasteiger partial charge on any atom is -0.481 e. The van der Waals surface area contributed by atoms with Crippen molar-refractivity contribution in [1.29, 1.82) is 0 Å². The number of carbonyl (C=O) groups is 3. The number of alkyl halides is 2. The van der Waals surface area contributed by atoms with Crippen molar-refractivity contribution in [2.45, 2.75) is 44.8 Å². The van der Waals surface area contributed by atoms with Crippen LogP contribution in [0.15, 0.2) is 28.7 Å². The van der Waals surface area contributed by atoms with Gasteiger partial charge < -0.3 is 14.9 Å². The molecule has 0 bridgehead atoms. The van der Waals surface area contributed by atoms with E-state index in [1.807, 2.05) is 0 Å². The number of benzene rings is 1. The topological polar surface area (TPSA) is 104 Å². The molecule has 7 nitrogen and oxygen atoms in total. The number of rotatable bonds is 4. The maximum absolute atomic E-state index is 15.5. The van der Waals surface area contributed by atoms with Gasteiger partial charge in [-0.2, -0.15) is 8.78 Å². The predicted octanol–water partition coefficient (Wildman–Crippen LogP) is 3.71. The number of hydrogen-bond acceptors (Lipinski definition) is 4. The summed E-state index contributed by atoms with van der Waals surface area (Å²) >= 11 is 2.99. The lowest BCUT2D eigenvalue weighted by Crippen LogP contribution is -2.49. The first-order valence-corrected chi connectivity index (χ1v) is 9.11. The van der Waals surface area contributed by atoms with Gasteiger partial charge >= 0.3 is 18.0 Å². The first-order valence-electron chi connectivity index (χ1n) is 8.31. The summed E-state index contributed by atoms with van der Waals surface area (Å²) in [5.74, 6) is -7.45. The Morgan fingerprint density at radius 2 is 1.79 bits per heavy atom. The van der Waals surface area contributed by atoms with Crippen molar-refractivity contribution in [3.8, 4) is 0 Å². The molecule has 10 heteroatoms. The van der Waals surface area contributed by atoms with Crippen LogP contribution < -0.4 is 0 Å². The SMILES string of the molecule is CC(C)(C)OC(=O)N1C[C@](C(=O)O)(C(F)(F)c2ccccc2Br)C[C@H]1C(=O)O. The molecule has 1 fully saturated rings. The molecule has 1 saturated heterocycles. The molecule has 0 aromatic heterocycles. The number of amides is 1. The van der Waals surface area contributed by atoms with Gasteiger partial charge in [-0.1, -0.05) is 34.1 Å². The Hall–Kier alpha value is -2.23. The molecule has 1 aromatic carbocycles. The van der Waals surface area contributed by atoms with Crippen LogP contribution in [0.3, 0.4) is 0 Å². The fraction of sp³-hybridized carbons (Fsp3) is 0.500. The molecule has 0 spiro atoms. The maximum Gasteiger partial charge on any atom is 0.411 e. The van der Waals surface area contributed by atoms with Crippen molar-refractivity contribution < 1.29 is 38.1 Å². The zero-order valence-electron chi connectivity index (χ0n) is 15.4. The van der Waals surface area contributed by atoms with Crippen molar-refractivity contribution in [2.24, 2.45) is 5.41 Å². The van der Waals surface area contributed by atoms with E-state index in [1.165, 1.54) is 39.0 Å². The molecule has 0 radical (unpaired) electrons. The number of hydrogen-bond donors (Lipinski definition) is 2. The smallest absolute Gasteiger partial charge is 0.411 e. The first kappa shape index (κ1) is 22.1. The second-order valence-electron chi connectivity index (χ2n) is 7.61. The predicted molar refractivity (Wildman–Crippen MR) is 97.1 cm³/mol. The molecule has 0 saturated carbocycles. The number of carboxylic acids is 2. The van der Waals surface area contributed by atoms with Gasteiger partial charge in [0, 0.05) is 23.0 Å². The molecule has 2 atom stereocenters. The molecule has 1 aliphatic rings. The van der Waals surface area contributed by atoms with Crippen molar-refractivity contribution in [3.05, 3.63) is 34.3 Å². The van der Waals surface area contributed by atoms with Gasteiger partial charge in [0.05, 0.1) is 0 Å². The Balaban J connectivity index is 2.55. The second-order valence-corrected chi connectivity index (χ2v) is 8.46. The zero-order chi connectivity index (χ0) is 21.5. The highest BCUT2D eigenvalue weighted by molar-refractivity contribution is 9.10. The van der Waals surface area contributed by atoms with Crippen molar-refractivity contribution in [1.82, 2.24) is 4.90 Å². The van der Waals surface area contributed by atoms with Crippen molar-refractivity contribution in [3.63, 3.8) is 0 Å². The Morgan fingerprint density at radius 3 is 2.25 bits per heavy atom. The van der Waals surface area contributed by atoms with Gasteiger partial charge in [-0.3, -0.25) is 9.69 Å². The van der Waals surface area contributed by atoms with Crippen LogP contribution in [0.5, 0.6) is 0 Å². The minimum absolute atomic E-state index is 0.0248. The molecule has 1 aliphatic heterocycles. The summed E-state index contributed by atoms with van der Waals surface area (Å²) in [5, 5.41) is 19.2. The molecule has 28 heavy (non-hydrogen) atoms. The van der Waals surface area contributed by atoms with Gasteiger partial charge in [0.1, 0.15) is 11.6 Å². The third kappa shape index (κ3) is 3.82. The lowest BCUT2D eigenvalue weighted by atomic mass is 9.76. The highest BCUT2D eigenvalue weighted by Gasteiger charge is 2.68. The number of ether oxygens (including phenoxy) is 1. The van der Waals surface area contributed by atoms with Gasteiger partial charge in [0.2, 0.25) is 0 Å². The summed E-state index contributed by atoms with van der Waals surface area (Å²) in [7, 11) is 0. The molecular weight excluding hydrogens is 444 g/mol. The van der Waals surface area contributed by atoms with E-state index < -0.39 is 59.5 Å². The quantitative estimate of drug-likeness (QED) is 0.705. The van der Waals surface area contributed by atoms with Crippen molar-refractivity contribution in [2.75, 3.05) is 6.54 Å². The van der Waals surface area contributed by atoms with Crippen LogP contribution in [0, 0.1) is 5.41 Å². The summed E-state index contributed by atoms with van der Waals surface area (Å²) in [5.41, 5.74) is -4.45. The van der Waals surface area contributed by atoms with Crippen molar-refractivity contribution >= 4 is 34.0 Å². The second kappa shape index (κ2) is 7.31. The molecule has 1 aromatic rings. The molecule has 1 heterocycles. The van der Waals surface area contributed by atoms with Gasteiger partial charge in [-0.25, -0.2) is 9.59 Å². The lowest BCUT2D eigenvalue weighted by Gasteiger charge is -2.34. The van der Waals surface area contributed by atoms with E-state index in [9.17, 15) is 24.6 Å². The van der Waals surface area contributed by atoms with E-state index in [2.05, 4.69) is 15.9 Å². The highest BCUT2D eigenvalue weighted by Crippen LogP contribution is 2.54. The Labute approximate surface area is 168 Å². The normalized spacial score (nSPS) is 22.8. The van der Waals surface area contributed by atoms with E-state index in [-0.39, 0.29) is 4.47 Å². The molecule has 0 aliphatic carbocycles. The molecular formula is C18H20BrF2NO6. The number of carbonyl (C=O) groups excluding carboxylic acids is 1. The average molecular weight is 464 g/mol. The van der Waals surface area contributed by atoms with Crippen LogP contribution in [-0.4, -0.2) is 51.3 Å². The van der Waals surface area contributed by atoms with E-state index in [1.54, 1.807) is 0 Å². The van der Waals surface area contributed by atoms with E-state index in [0.29, 0.717) is 4.90 Å². The maximum atomic E-state index is 15.5. The lowest BCUT2D eigenvalue weighted by molar-refractivity contribution is -0.180. The number of nitrogens with zero attached hydrogens (tertiary/aromatic N) is 1. The largest absolute Gasteiger partial charge is 0.481 e. The van der Waals surface area contributed by atoms with E-state index in [4.69, 9.17) is 4.74 Å². The van der Waals surface area contributed by atoms with Gasteiger partial charge in [0.15, 0.2) is 5.41 Å². The molecule has 2 N–H and O–H groups in total. The summed E-state index contributed by atoms with van der Waals surface area (Å²) < 4.78 is 36.0. The van der Waals surface area contributed by atoms with Crippen LogP contribution in [-0.2, 0) is 20.2 Å². The third-order valence-electron chi connectivity index (χ3n) is 4.49. The first-order chi connectivity index (χ1) is 12.7. The average Bonchev–Trinajstić information content (AvgIpc) is 2.96. The van der Waals surface area contributed by atoms with Crippen LogP contribution in [0.4, 0.5) is 13.6 Å². The Kier molecular flexibility index (Phi) is 5.76. The number of halogens is 3. The summed E-state index contributed by atoms with van der Waals surface area (Å²) in [6.07, 6.45) is -2.13. The number of aliphatic carboxylic acids is 2. The number of carboxylic acid groups (broad SMARTS) is 2. The molecule has 0 unspecified atom stereocenters. The summed E-state index contributed by atoms with van der Waals surface area (Å²) in [6, 6.07) is 3.42. The van der Waals surface area contributed by atoms with Gasteiger partial charge in [-0.05, 0) is 26.8 Å². The molecule has 154 valence electrons. The van der Waals surface area contributed by atoms with Crippen LogP contribution >= 0.6 is 15.9 Å². The summed E-state index contributed by atoms with van der Waals surface area (Å²) in [4.78, 5) is 36.6. The fourth-order valence-electron chi connectivity index (χ4n) is 3.13. The summed E-state index contributed by atoms with van der Waals surface area (Å²) in [6.45, 7) is 3.56. The molecule has 2 rings (SSSR count). The highest BCUT2D eigenvalue weighted by atomic mass is 79.9. The Morgan fingerprint density at radius 1 is 1.21 bits per heavy atom. The van der Waals surface area contributed by atoms with Crippen LogP contribution in [0.25, 0.3) is 0 Å². The fourth-order valence-corrected chi connectivity index (χ4v) is 3.66. The van der Waals surface area contributed by atoms with Crippen LogP contribution in [0.1, 0.15) is 32.8 Å². The van der Waals surface area contributed by atoms with Crippen LogP contribution in [0.2, 0.25) is 0 Å².